The molecule has 12 heteroatoms. The molecule has 0 saturated heterocycles. The topological polar surface area (TPSA) is 157 Å². The van der Waals surface area contributed by atoms with E-state index >= 15 is 0 Å². The number of carbonyl (C=O) groups is 2. The minimum atomic E-state index is -4.50. The predicted molar refractivity (Wildman–Crippen MR) is 97.4 cm³/mol. The van der Waals surface area contributed by atoms with E-state index in [4.69, 9.17) is 9.47 Å². The van der Waals surface area contributed by atoms with E-state index in [1.807, 2.05) is 0 Å². The summed E-state index contributed by atoms with van der Waals surface area (Å²) < 4.78 is 37.1. The van der Waals surface area contributed by atoms with E-state index in [1.165, 1.54) is 33.3 Å². The number of aromatic carboxylic acids is 1. The van der Waals surface area contributed by atoms with Crippen molar-refractivity contribution in [3.63, 3.8) is 0 Å². The highest BCUT2D eigenvalue weighted by Crippen LogP contribution is 2.31. The molecule has 0 saturated carbocycles. The van der Waals surface area contributed by atoms with Crippen LogP contribution in [0.4, 0.5) is 10.5 Å². The van der Waals surface area contributed by atoms with E-state index < -0.39 is 32.5 Å². The molecule has 11 nitrogen and oxygen atoms in total. The number of aromatic nitrogens is 2. The molecule has 1 aromatic heterocycles. The maximum absolute atomic E-state index is 12.6. The van der Waals surface area contributed by atoms with Gasteiger partial charge in [-0.1, -0.05) is 12.1 Å². The van der Waals surface area contributed by atoms with Crippen molar-refractivity contribution in [1.82, 2.24) is 14.7 Å². The fraction of sp³-hybridized carbons (Fsp3) is 0.250. The first-order valence-corrected chi connectivity index (χ1v) is 9.22. The van der Waals surface area contributed by atoms with E-state index in [9.17, 15) is 23.1 Å². The highest BCUT2D eigenvalue weighted by atomic mass is 32.2. The third-order valence-corrected chi connectivity index (χ3v) is 5.05. The van der Waals surface area contributed by atoms with Gasteiger partial charge in [-0.3, -0.25) is 5.32 Å². The third kappa shape index (κ3) is 4.28. The summed E-state index contributed by atoms with van der Waals surface area (Å²) in [6.45, 7) is 2.99. The van der Waals surface area contributed by atoms with Gasteiger partial charge < -0.3 is 14.6 Å². The zero-order valence-corrected chi connectivity index (χ0v) is 16.2. The van der Waals surface area contributed by atoms with Gasteiger partial charge in [-0.25, -0.2) is 22.7 Å². The minimum absolute atomic E-state index is 0.0426. The summed E-state index contributed by atoms with van der Waals surface area (Å²) >= 11 is 0. The van der Waals surface area contributed by atoms with E-state index in [-0.39, 0.29) is 23.0 Å². The average Bonchev–Trinajstić information content (AvgIpc) is 2.61. The Morgan fingerprint density at radius 1 is 1.07 bits per heavy atom. The van der Waals surface area contributed by atoms with Crippen LogP contribution in [0, 0.1) is 13.8 Å². The number of carboxylic acid groups (broad SMARTS) is 1. The SMILES string of the molecule is COc1nc(C)nc(OC)c1NC(=O)NS(=O)(=O)c1c(C)cccc1C(=O)O. The van der Waals surface area contributed by atoms with Crippen molar-refractivity contribution in [1.29, 1.82) is 0 Å². The number of benzene rings is 1. The van der Waals surface area contributed by atoms with Crippen molar-refractivity contribution in [2.45, 2.75) is 18.7 Å². The van der Waals surface area contributed by atoms with E-state index in [2.05, 4.69) is 15.3 Å². The first-order valence-electron chi connectivity index (χ1n) is 7.74. The summed E-state index contributed by atoms with van der Waals surface area (Å²) in [6.07, 6.45) is 0. The number of rotatable bonds is 6. The molecule has 0 radical (unpaired) electrons. The van der Waals surface area contributed by atoms with Crippen molar-refractivity contribution in [2.75, 3.05) is 19.5 Å². The number of urea groups is 1. The summed E-state index contributed by atoms with van der Waals surface area (Å²) in [5.41, 5.74) is -0.394. The van der Waals surface area contributed by atoms with Crippen LogP contribution in [0.2, 0.25) is 0 Å². The Morgan fingerprint density at radius 3 is 2.14 bits per heavy atom. The number of sulfonamides is 1. The lowest BCUT2D eigenvalue weighted by atomic mass is 10.1. The number of hydrogen-bond donors (Lipinski definition) is 3. The van der Waals surface area contributed by atoms with Gasteiger partial charge in [-0.15, -0.1) is 0 Å². The van der Waals surface area contributed by atoms with Crippen molar-refractivity contribution in [3.05, 3.63) is 35.2 Å². The van der Waals surface area contributed by atoms with Crippen LogP contribution in [-0.2, 0) is 10.0 Å². The Morgan fingerprint density at radius 2 is 1.64 bits per heavy atom. The summed E-state index contributed by atoms with van der Waals surface area (Å²) in [6, 6.07) is 2.76. The second kappa shape index (κ2) is 8.08. The predicted octanol–water partition coefficient (Wildman–Crippen LogP) is 1.32. The highest BCUT2D eigenvalue weighted by Gasteiger charge is 2.27. The summed E-state index contributed by atoms with van der Waals surface area (Å²) in [5.74, 6) is -1.23. The molecule has 3 N–H and O–H groups in total. The van der Waals surface area contributed by atoms with Crippen LogP contribution in [0.15, 0.2) is 23.1 Å². The molecule has 0 aliphatic carbocycles. The molecule has 0 bridgehead atoms. The number of nitrogens with one attached hydrogen (secondary N) is 2. The molecule has 0 fully saturated rings. The number of amides is 2. The largest absolute Gasteiger partial charge is 0.479 e. The second-order valence-electron chi connectivity index (χ2n) is 5.48. The van der Waals surface area contributed by atoms with E-state index in [0.29, 0.717) is 5.82 Å². The third-order valence-electron chi connectivity index (χ3n) is 3.52. The normalized spacial score (nSPS) is 10.9. The number of nitrogens with zero attached hydrogens (tertiary/aromatic N) is 2. The average molecular weight is 410 g/mol. The Balaban J connectivity index is 2.38. The lowest BCUT2D eigenvalue weighted by Crippen LogP contribution is -2.36. The molecule has 0 atom stereocenters. The van der Waals surface area contributed by atoms with Gasteiger partial charge >= 0.3 is 12.0 Å². The molecule has 2 amide bonds. The number of hydrogen-bond acceptors (Lipinski definition) is 8. The first kappa shape index (κ1) is 20.9. The molecule has 2 aromatic rings. The van der Waals surface area contributed by atoms with Crippen LogP contribution < -0.4 is 19.5 Å². The molecule has 1 aromatic carbocycles. The van der Waals surface area contributed by atoms with Crippen LogP contribution in [0.3, 0.4) is 0 Å². The molecule has 0 spiro atoms. The summed E-state index contributed by atoms with van der Waals surface area (Å²) in [7, 11) is -1.90. The first-order chi connectivity index (χ1) is 13.1. The molecule has 150 valence electrons. The van der Waals surface area contributed by atoms with Gasteiger partial charge in [-0.2, -0.15) is 9.97 Å². The van der Waals surface area contributed by atoms with Crippen LogP contribution in [0.25, 0.3) is 0 Å². The van der Waals surface area contributed by atoms with Crippen LogP contribution in [0.1, 0.15) is 21.7 Å². The van der Waals surface area contributed by atoms with Gasteiger partial charge in [-0.05, 0) is 25.5 Å². The van der Waals surface area contributed by atoms with Crippen molar-refractivity contribution >= 4 is 27.7 Å². The highest BCUT2D eigenvalue weighted by molar-refractivity contribution is 7.90. The van der Waals surface area contributed by atoms with Crippen molar-refractivity contribution in [2.24, 2.45) is 0 Å². The standard InChI is InChI=1S/C16H18N4O7S/c1-8-6-5-7-10(15(21)22)12(8)28(24,25)20-16(23)19-11-13(26-3)17-9(2)18-14(11)27-4/h5-7H,1-4H3,(H,21,22)(H2,19,20,23). The second-order valence-corrected chi connectivity index (χ2v) is 7.10. The molecule has 28 heavy (non-hydrogen) atoms. The van der Waals surface area contributed by atoms with Crippen LogP contribution in [-0.4, -0.2) is 49.7 Å². The van der Waals surface area contributed by atoms with Gasteiger partial charge in [0, 0.05) is 0 Å². The minimum Gasteiger partial charge on any atom is -0.479 e. The van der Waals surface area contributed by atoms with Gasteiger partial charge in [0.25, 0.3) is 10.0 Å². The lowest BCUT2D eigenvalue weighted by Gasteiger charge is -2.15. The zero-order valence-electron chi connectivity index (χ0n) is 15.4. The fourth-order valence-corrected chi connectivity index (χ4v) is 3.75. The Hall–Kier alpha value is -3.41. The van der Waals surface area contributed by atoms with E-state index in [1.54, 1.807) is 11.6 Å². The summed E-state index contributed by atoms with van der Waals surface area (Å²) in [4.78, 5) is 31.1. The van der Waals surface area contributed by atoms with Crippen molar-refractivity contribution < 1.29 is 32.6 Å². The molecule has 0 unspecified atom stereocenters. The zero-order chi connectivity index (χ0) is 21.1. The van der Waals surface area contributed by atoms with Crippen LogP contribution in [0.5, 0.6) is 11.8 Å². The Labute approximate surface area is 160 Å². The molecular formula is C16H18N4O7S. The smallest absolute Gasteiger partial charge is 0.337 e. The number of carboxylic acids is 1. The van der Waals surface area contributed by atoms with Crippen molar-refractivity contribution in [3.8, 4) is 11.8 Å². The quantitative estimate of drug-likeness (QED) is 0.639. The van der Waals surface area contributed by atoms with Gasteiger partial charge in [0.15, 0.2) is 5.69 Å². The fourth-order valence-electron chi connectivity index (χ4n) is 2.41. The van der Waals surface area contributed by atoms with Crippen LogP contribution >= 0.6 is 0 Å². The summed E-state index contributed by atoms with van der Waals surface area (Å²) in [5, 5.41) is 11.5. The molecule has 0 aliphatic heterocycles. The monoisotopic (exact) mass is 410 g/mol. The number of carbonyl (C=O) groups excluding carboxylic acids is 1. The lowest BCUT2D eigenvalue weighted by molar-refractivity contribution is 0.0692. The van der Waals surface area contributed by atoms with Gasteiger partial charge in [0.1, 0.15) is 10.7 Å². The molecule has 0 aliphatic rings. The Bertz CT molecular complexity index is 1010. The number of anilines is 1. The molecule has 1 heterocycles. The number of aryl methyl sites for hydroxylation is 2. The maximum atomic E-state index is 12.6. The number of methoxy groups -OCH3 is 2. The van der Waals surface area contributed by atoms with Gasteiger partial charge in [0.2, 0.25) is 11.8 Å². The van der Waals surface area contributed by atoms with Gasteiger partial charge in [0.05, 0.1) is 19.8 Å². The Kier molecular flexibility index (Phi) is 6.03. The maximum Gasteiger partial charge on any atom is 0.337 e. The molecular weight excluding hydrogens is 392 g/mol. The van der Waals surface area contributed by atoms with E-state index in [0.717, 1.165) is 6.07 Å². The number of ether oxygens (including phenoxy) is 2. The molecule has 2 rings (SSSR count).